The number of carbonyl (C=O) groups excluding carboxylic acids is 1. The number of carbonyl (C=O) groups is 1. The van der Waals surface area contributed by atoms with E-state index in [2.05, 4.69) is 9.88 Å². The largest absolute Gasteiger partial charge is 0.368 e. The van der Waals surface area contributed by atoms with Gasteiger partial charge in [-0.3, -0.25) is 14.6 Å². The van der Waals surface area contributed by atoms with Crippen LogP contribution in [0.3, 0.4) is 0 Å². The van der Waals surface area contributed by atoms with Crippen molar-refractivity contribution in [2.45, 2.75) is 19.9 Å². The van der Waals surface area contributed by atoms with E-state index >= 15 is 0 Å². The van der Waals surface area contributed by atoms with Crippen molar-refractivity contribution in [3.05, 3.63) is 94.2 Å². The van der Waals surface area contributed by atoms with Crippen molar-refractivity contribution < 1.29 is 4.79 Å². The van der Waals surface area contributed by atoms with Crippen molar-refractivity contribution in [2.24, 2.45) is 0 Å². The summed E-state index contributed by atoms with van der Waals surface area (Å²) >= 11 is 0. The van der Waals surface area contributed by atoms with Crippen molar-refractivity contribution in [3.8, 4) is 0 Å². The van der Waals surface area contributed by atoms with Crippen LogP contribution in [0, 0.1) is 6.92 Å². The zero-order valence-electron chi connectivity index (χ0n) is 17.4. The van der Waals surface area contributed by atoms with Gasteiger partial charge >= 0.3 is 0 Å². The topological polar surface area (TPSA) is 58.4 Å². The number of piperazine rings is 1. The average Bonchev–Trinajstić information content (AvgIpc) is 2.80. The van der Waals surface area contributed by atoms with Crippen molar-refractivity contribution >= 4 is 11.6 Å². The molecule has 1 saturated heterocycles. The lowest BCUT2D eigenvalue weighted by Crippen LogP contribution is -2.50. The van der Waals surface area contributed by atoms with Crippen LogP contribution in [0.2, 0.25) is 0 Å². The number of aromatic nitrogens is 2. The van der Waals surface area contributed by atoms with Gasteiger partial charge in [0.2, 0.25) is 0 Å². The SMILES string of the molecule is Cc1ccn(C(C)c2ccccc2)c(=O)c1C(=O)N1CCN(c2ccncc2)CC1. The number of nitrogens with zero attached hydrogens (tertiary/aromatic N) is 4. The van der Waals surface area contributed by atoms with Crippen LogP contribution in [0.15, 0.2) is 71.9 Å². The van der Waals surface area contributed by atoms with Gasteiger partial charge in [-0.2, -0.15) is 0 Å². The molecule has 4 rings (SSSR count). The molecule has 1 aromatic carbocycles. The van der Waals surface area contributed by atoms with E-state index in [4.69, 9.17) is 0 Å². The Morgan fingerprint density at radius 2 is 1.63 bits per heavy atom. The standard InChI is InChI=1S/C24H26N4O2/c1-18-10-13-28(19(2)20-6-4-3-5-7-20)24(30)22(18)23(29)27-16-14-26(15-17-27)21-8-11-25-12-9-21/h3-13,19H,14-17H2,1-2H3. The highest BCUT2D eigenvalue weighted by atomic mass is 16.2. The summed E-state index contributed by atoms with van der Waals surface area (Å²) in [5.41, 5.74) is 2.91. The van der Waals surface area contributed by atoms with Crippen molar-refractivity contribution in [1.29, 1.82) is 0 Å². The van der Waals surface area contributed by atoms with Crippen molar-refractivity contribution in [3.63, 3.8) is 0 Å². The van der Waals surface area contributed by atoms with Crippen molar-refractivity contribution in [2.75, 3.05) is 31.1 Å². The third kappa shape index (κ3) is 3.85. The molecule has 0 aliphatic carbocycles. The summed E-state index contributed by atoms with van der Waals surface area (Å²) < 4.78 is 1.66. The summed E-state index contributed by atoms with van der Waals surface area (Å²) in [6, 6.07) is 15.5. The van der Waals surface area contributed by atoms with Crippen LogP contribution >= 0.6 is 0 Å². The van der Waals surface area contributed by atoms with Crippen LogP contribution in [-0.2, 0) is 0 Å². The third-order valence-electron chi connectivity index (χ3n) is 5.84. The van der Waals surface area contributed by atoms with E-state index in [0.717, 1.165) is 29.9 Å². The minimum absolute atomic E-state index is 0.144. The first-order valence-electron chi connectivity index (χ1n) is 10.3. The van der Waals surface area contributed by atoms with Gasteiger partial charge < -0.3 is 14.4 Å². The fraction of sp³-hybridized carbons (Fsp3) is 0.292. The maximum Gasteiger partial charge on any atom is 0.264 e. The molecule has 0 bridgehead atoms. The van der Waals surface area contributed by atoms with Gasteiger partial charge in [-0.05, 0) is 43.2 Å². The molecule has 1 amide bonds. The first-order valence-corrected chi connectivity index (χ1v) is 10.3. The number of rotatable bonds is 4. The summed E-state index contributed by atoms with van der Waals surface area (Å²) in [6.45, 7) is 6.45. The molecule has 1 unspecified atom stereocenters. The summed E-state index contributed by atoms with van der Waals surface area (Å²) in [4.78, 5) is 34.6. The number of aryl methyl sites for hydroxylation is 1. The number of amides is 1. The highest BCUT2D eigenvalue weighted by Gasteiger charge is 2.26. The van der Waals surface area contributed by atoms with Gasteiger partial charge in [-0.15, -0.1) is 0 Å². The Hall–Kier alpha value is -3.41. The monoisotopic (exact) mass is 402 g/mol. The Morgan fingerprint density at radius 1 is 0.967 bits per heavy atom. The predicted octanol–water partition coefficient (Wildman–Crippen LogP) is 3.12. The minimum Gasteiger partial charge on any atom is -0.368 e. The Labute approximate surface area is 176 Å². The lowest BCUT2D eigenvalue weighted by atomic mass is 10.1. The molecule has 0 radical (unpaired) electrons. The van der Waals surface area contributed by atoms with Gasteiger partial charge in [0.1, 0.15) is 5.56 Å². The number of anilines is 1. The lowest BCUT2D eigenvalue weighted by Gasteiger charge is -2.36. The predicted molar refractivity (Wildman–Crippen MR) is 118 cm³/mol. The number of hydrogen-bond donors (Lipinski definition) is 0. The quantitative estimate of drug-likeness (QED) is 0.673. The van der Waals surface area contributed by atoms with E-state index in [1.807, 2.05) is 62.4 Å². The number of hydrogen-bond acceptors (Lipinski definition) is 4. The van der Waals surface area contributed by atoms with E-state index in [1.54, 1.807) is 28.1 Å². The van der Waals surface area contributed by atoms with Crippen LogP contribution in [0.1, 0.15) is 34.5 Å². The van der Waals surface area contributed by atoms with Crippen LogP contribution in [-0.4, -0.2) is 46.5 Å². The maximum absolute atomic E-state index is 13.3. The second-order valence-corrected chi connectivity index (χ2v) is 7.66. The summed E-state index contributed by atoms with van der Waals surface area (Å²) in [5, 5.41) is 0. The summed E-state index contributed by atoms with van der Waals surface area (Å²) in [7, 11) is 0. The molecule has 6 nitrogen and oxygen atoms in total. The van der Waals surface area contributed by atoms with Crippen LogP contribution < -0.4 is 10.5 Å². The second-order valence-electron chi connectivity index (χ2n) is 7.66. The zero-order valence-corrected chi connectivity index (χ0v) is 17.4. The van der Waals surface area contributed by atoms with Crippen molar-refractivity contribution in [1.82, 2.24) is 14.5 Å². The van der Waals surface area contributed by atoms with Crippen LogP contribution in [0.25, 0.3) is 0 Å². The number of benzene rings is 1. The highest BCUT2D eigenvalue weighted by molar-refractivity contribution is 5.95. The Kier molecular flexibility index (Phi) is 5.65. The van der Waals surface area contributed by atoms with Crippen LogP contribution in [0.4, 0.5) is 5.69 Å². The fourth-order valence-corrected chi connectivity index (χ4v) is 3.98. The molecule has 6 heteroatoms. The van der Waals surface area contributed by atoms with Gasteiger partial charge in [-0.1, -0.05) is 30.3 Å². The van der Waals surface area contributed by atoms with E-state index in [9.17, 15) is 9.59 Å². The molecule has 30 heavy (non-hydrogen) atoms. The second kappa shape index (κ2) is 8.53. The summed E-state index contributed by atoms with van der Waals surface area (Å²) in [5.74, 6) is -0.179. The van der Waals surface area contributed by atoms with E-state index in [-0.39, 0.29) is 23.1 Å². The Bertz CT molecular complexity index is 1070. The zero-order chi connectivity index (χ0) is 21.1. The molecule has 0 saturated carbocycles. The van der Waals surface area contributed by atoms with E-state index < -0.39 is 0 Å². The molecule has 0 N–H and O–H groups in total. The van der Waals surface area contributed by atoms with E-state index in [0.29, 0.717) is 13.1 Å². The molecule has 1 atom stereocenters. The Morgan fingerprint density at radius 3 is 2.30 bits per heavy atom. The van der Waals surface area contributed by atoms with Gasteiger partial charge in [0, 0.05) is 50.5 Å². The molecular weight excluding hydrogens is 376 g/mol. The third-order valence-corrected chi connectivity index (χ3v) is 5.84. The average molecular weight is 402 g/mol. The molecule has 1 aliphatic rings. The molecule has 2 aromatic heterocycles. The van der Waals surface area contributed by atoms with Gasteiger partial charge in [-0.25, -0.2) is 0 Å². The smallest absolute Gasteiger partial charge is 0.264 e. The van der Waals surface area contributed by atoms with Crippen LogP contribution in [0.5, 0.6) is 0 Å². The van der Waals surface area contributed by atoms with E-state index in [1.165, 1.54) is 0 Å². The lowest BCUT2D eigenvalue weighted by molar-refractivity contribution is 0.0743. The van der Waals surface area contributed by atoms with Gasteiger partial charge in [0.05, 0.1) is 6.04 Å². The molecule has 3 heterocycles. The first kappa shape index (κ1) is 19.9. The molecule has 0 spiro atoms. The molecule has 1 fully saturated rings. The van der Waals surface area contributed by atoms with Gasteiger partial charge in [0.25, 0.3) is 11.5 Å². The van der Waals surface area contributed by atoms with Gasteiger partial charge in [0.15, 0.2) is 0 Å². The molecule has 1 aliphatic heterocycles. The molecular formula is C24H26N4O2. The minimum atomic E-state index is -0.229. The molecule has 154 valence electrons. The molecule has 3 aromatic rings. The number of pyridine rings is 2. The first-order chi connectivity index (χ1) is 14.6. The Balaban J connectivity index is 1.55. The normalized spacial score (nSPS) is 15.1. The summed E-state index contributed by atoms with van der Waals surface area (Å²) in [6.07, 6.45) is 5.33. The fourth-order valence-electron chi connectivity index (χ4n) is 3.98. The highest BCUT2D eigenvalue weighted by Crippen LogP contribution is 2.19. The maximum atomic E-state index is 13.3.